The van der Waals surface area contributed by atoms with Crippen molar-refractivity contribution in [2.24, 2.45) is 0 Å². The third kappa shape index (κ3) is 1.59. The average molecular weight is 240 g/mol. The molecule has 1 aliphatic carbocycles. The minimum atomic E-state index is -0.0101. The predicted octanol–water partition coefficient (Wildman–Crippen LogP) is 2.14. The Labute approximate surface area is 106 Å². The van der Waals surface area contributed by atoms with E-state index in [9.17, 15) is 0 Å². The summed E-state index contributed by atoms with van der Waals surface area (Å²) in [6.45, 7) is 2.46. The number of nitrogens with zero attached hydrogens (tertiary/aromatic N) is 3. The molecule has 0 atom stereocenters. The van der Waals surface area contributed by atoms with Gasteiger partial charge in [-0.3, -0.25) is 5.32 Å². The number of hydrogen-bond donors (Lipinski definition) is 1. The van der Waals surface area contributed by atoms with E-state index in [0.29, 0.717) is 6.54 Å². The maximum atomic E-state index is 8.74. The van der Waals surface area contributed by atoms with E-state index in [1.165, 1.54) is 17.5 Å². The lowest BCUT2D eigenvalue weighted by molar-refractivity contribution is 0.193. The van der Waals surface area contributed by atoms with E-state index in [1.807, 2.05) is 10.7 Å². The van der Waals surface area contributed by atoms with Gasteiger partial charge in [-0.05, 0) is 43.4 Å². The van der Waals surface area contributed by atoms with Crippen LogP contribution in [-0.4, -0.2) is 16.2 Å². The number of fused-ring (bicyclic) bond motifs is 1. The van der Waals surface area contributed by atoms with E-state index in [4.69, 9.17) is 5.26 Å². The first-order valence-corrected chi connectivity index (χ1v) is 6.32. The van der Waals surface area contributed by atoms with Crippen molar-refractivity contribution in [2.75, 3.05) is 6.54 Å². The van der Waals surface area contributed by atoms with E-state index < -0.39 is 0 Å². The molecule has 1 N–H and O–H groups in total. The van der Waals surface area contributed by atoms with Crippen LogP contribution in [0.4, 0.5) is 0 Å². The van der Waals surface area contributed by atoms with Gasteiger partial charge in [0.25, 0.3) is 0 Å². The Morgan fingerprint density at radius 3 is 3.00 bits per heavy atom. The highest BCUT2D eigenvalue weighted by atomic mass is 15.2. The van der Waals surface area contributed by atoms with E-state index in [1.54, 1.807) is 0 Å². The van der Waals surface area contributed by atoms with Gasteiger partial charge in [-0.2, -0.15) is 10.4 Å². The zero-order valence-corrected chi connectivity index (χ0v) is 10.5. The average Bonchev–Trinajstić information content (AvgIpc) is 2.70. The number of aromatic nitrogens is 2. The molecule has 4 heteroatoms. The molecule has 4 nitrogen and oxygen atoms in total. The van der Waals surface area contributed by atoms with Gasteiger partial charge >= 0.3 is 0 Å². The quantitative estimate of drug-likeness (QED) is 0.836. The highest BCUT2D eigenvalue weighted by Gasteiger charge is 2.38. The summed E-state index contributed by atoms with van der Waals surface area (Å²) >= 11 is 0. The van der Waals surface area contributed by atoms with Crippen molar-refractivity contribution >= 4 is 5.52 Å². The molecule has 18 heavy (non-hydrogen) atoms. The third-order valence-electron chi connectivity index (χ3n) is 3.97. The van der Waals surface area contributed by atoms with Gasteiger partial charge in [-0.1, -0.05) is 6.07 Å². The molecule has 1 fully saturated rings. The molecule has 0 radical (unpaired) electrons. The first-order chi connectivity index (χ1) is 8.75. The van der Waals surface area contributed by atoms with Crippen molar-refractivity contribution in [2.45, 2.75) is 31.7 Å². The second-order valence-corrected chi connectivity index (χ2v) is 5.02. The predicted molar refractivity (Wildman–Crippen MR) is 69.1 cm³/mol. The van der Waals surface area contributed by atoms with Crippen LogP contribution in [0.15, 0.2) is 24.5 Å². The fourth-order valence-corrected chi connectivity index (χ4v) is 2.70. The fourth-order valence-electron chi connectivity index (χ4n) is 2.70. The number of nitriles is 1. The van der Waals surface area contributed by atoms with Gasteiger partial charge in [-0.25, -0.2) is 4.52 Å². The van der Waals surface area contributed by atoms with Gasteiger partial charge in [0.05, 0.1) is 24.3 Å². The SMILES string of the molecule is Cc1cnn2cc(C3(NCC#N)CCC3)ccc12. The summed E-state index contributed by atoms with van der Waals surface area (Å²) < 4.78 is 1.93. The van der Waals surface area contributed by atoms with Crippen LogP contribution in [0.1, 0.15) is 30.4 Å². The molecular weight excluding hydrogens is 224 g/mol. The van der Waals surface area contributed by atoms with E-state index >= 15 is 0 Å². The third-order valence-corrected chi connectivity index (χ3v) is 3.97. The highest BCUT2D eigenvalue weighted by Crippen LogP contribution is 2.41. The number of pyridine rings is 1. The topological polar surface area (TPSA) is 53.1 Å². The van der Waals surface area contributed by atoms with Crippen LogP contribution in [0, 0.1) is 18.3 Å². The second kappa shape index (κ2) is 4.11. The van der Waals surface area contributed by atoms with Crippen LogP contribution in [0.2, 0.25) is 0 Å². The monoisotopic (exact) mass is 240 g/mol. The van der Waals surface area contributed by atoms with Gasteiger partial charge in [-0.15, -0.1) is 0 Å². The van der Waals surface area contributed by atoms with Gasteiger partial charge in [0.2, 0.25) is 0 Å². The number of hydrogen-bond acceptors (Lipinski definition) is 3. The lowest BCUT2D eigenvalue weighted by atomic mass is 9.72. The number of rotatable bonds is 3. The Balaban J connectivity index is 2.00. The van der Waals surface area contributed by atoms with Crippen LogP contribution in [0.25, 0.3) is 5.52 Å². The van der Waals surface area contributed by atoms with Crippen molar-refractivity contribution in [3.05, 3.63) is 35.7 Å². The number of nitrogens with one attached hydrogen (secondary N) is 1. The van der Waals surface area contributed by atoms with E-state index in [-0.39, 0.29) is 5.54 Å². The van der Waals surface area contributed by atoms with Crippen molar-refractivity contribution in [3.8, 4) is 6.07 Å². The molecule has 2 aromatic rings. The summed E-state index contributed by atoms with van der Waals surface area (Å²) in [5.74, 6) is 0. The summed E-state index contributed by atoms with van der Waals surface area (Å²) in [7, 11) is 0. The summed E-state index contributed by atoms with van der Waals surface area (Å²) in [6.07, 6.45) is 7.39. The lowest BCUT2D eigenvalue weighted by Gasteiger charge is -2.42. The molecule has 0 spiro atoms. The Bertz CT molecular complexity index is 616. The highest BCUT2D eigenvalue weighted by molar-refractivity contribution is 5.54. The Morgan fingerprint density at radius 1 is 1.50 bits per heavy atom. The summed E-state index contributed by atoms with van der Waals surface area (Å²) in [6, 6.07) is 6.45. The van der Waals surface area contributed by atoms with Crippen molar-refractivity contribution in [1.29, 1.82) is 5.26 Å². The maximum absolute atomic E-state index is 8.74. The molecule has 0 aromatic carbocycles. The second-order valence-electron chi connectivity index (χ2n) is 5.02. The van der Waals surface area contributed by atoms with Crippen LogP contribution < -0.4 is 5.32 Å². The van der Waals surface area contributed by atoms with Gasteiger partial charge < -0.3 is 0 Å². The Hall–Kier alpha value is -1.86. The summed E-state index contributed by atoms with van der Waals surface area (Å²) in [5, 5.41) is 16.5. The zero-order valence-electron chi connectivity index (χ0n) is 10.5. The minimum absolute atomic E-state index is 0.0101. The van der Waals surface area contributed by atoms with Crippen LogP contribution in [-0.2, 0) is 5.54 Å². The molecule has 0 unspecified atom stereocenters. The molecule has 1 saturated carbocycles. The molecule has 3 rings (SSSR count). The molecule has 0 amide bonds. The molecule has 92 valence electrons. The normalized spacial score (nSPS) is 17.3. The van der Waals surface area contributed by atoms with E-state index in [2.05, 4.69) is 41.7 Å². The van der Waals surface area contributed by atoms with Gasteiger partial charge in [0.1, 0.15) is 0 Å². The molecule has 0 bridgehead atoms. The van der Waals surface area contributed by atoms with Crippen LogP contribution in [0.5, 0.6) is 0 Å². The largest absolute Gasteiger partial charge is 0.295 e. The first-order valence-electron chi connectivity index (χ1n) is 6.32. The standard InChI is InChI=1S/C14H16N4/c1-11-9-17-18-10-12(3-4-13(11)18)14(5-2-6-14)16-8-7-15/h3-4,9-10,16H,2,5-6,8H2,1H3. The van der Waals surface area contributed by atoms with Crippen molar-refractivity contribution in [3.63, 3.8) is 0 Å². The van der Waals surface area contributed by atoms with Gasteiger partial charge in [0, 0.05) is 11.7 Å². The van der Waals surface area contributed by atoms with Gasteiger partial charge in [0.15, 0.2) is 0 Å². The van der Waals surface area contributed by atoms with Crippen LogP contribution >= 0.6 is 0 Å². The fraction of sp³-hybridized carbons (Fsp3) is 0.429. The van der Waals surface area contributed by atoms with Crippen LogP contribution in [0.3, 0.4) is 0 Å². The summed E-state index contributed by atoms with van der Waals surface area (Å²) in [4.78, 5) is 0. The van der Waals surface area contributed by atoms with E-state index in [0.717, 1.165) is 18.4 Å². The Morgan fingerprint density at radius 2 is 2.33 bits per heavy atom. The zero-order chi connectivity index (χ0) is 12.6. The summed E-state index contributed by atoms with van der Waals surface area (Å²) in [5.41, 5.74) is 3.56. The lowest BCUT2D eigenvalue weighted by Crippen LogP contribution is -2.48. The van der Waals surface area contributed by atoms with Crippen molar-refractivity contribution in [1.82, 2.24) is 14.9 Å². The maximum Gasteiger partial charge on any atom is 0.0847 e. The molecule has 2 aromatic heterocycles. The molecule has 0 aliphatic heterocycles. The number of aryl methyl sites for hydroxylation is 1. The smallest absolute Gasteiger partial charge is 0.0847 e. The first kappa shape index (κ1) is 11.2. The molecule has 2 heterocycles. The molecular formula is C14H16N4. The molecule has 0 saturated heterocycles. The Kier molecular flexibility index (Phi) is 2.57. The molecule has 1 aliphatic rings. The van der Waals surface area contributed by atoms with Crippen molar-refractivity contribution < 1.29 is 0 Å². The minimum Gasteiger partial charge on any atom is -0.295 e.